The lowest BCUT2D eigenvalue weighted by Gasteiger charge is -2.22. The fourth-order valence-electron chi connectivity index (χ4n) is 3.58. The van der Waals surface area contributed by atoms with Crippen LogP contribution in [0.25, 0.3) is 0 Å². The maximum atomic E-state index is 12.0. The molecule has 0 N–H and O–H groups in total. The van der Waals surface area contributed by atoms with Crippen LogP contribution in [0.2, 0.25) is 0 Å². The molecule has 0 spiro atoms. The zero-order valence-electron chi connectivity index (χ0n) is 11.8. The van der Waals surface area contributed by atoms with Gasteiger partial charge in [0.1, 0.15) is 0 Å². The van der Waals surface area contributed by atoms with Gasteiger partial charge < -0.3 is 9.47 Å². The molecule has 2 atom stereocenters. The van der Waals surface area contributed by atoms with E-state index in [2.05, 4.69) is 6.92 Å². The first kappa shape index (κ1) is 12.7. The molecule has 0 radical (unpaired) electrons. The summed E-state index contributed by atoms with van der Waals surface area (Å²) in [4.78, 5) is 12.0. The second-order valence-electron chi connectivity index (χ2n) is 5.51. The van der Waals surface area contributed by atoms with Gasteiger partial charge in [-0.3, -0.25) is 0 Å². The third-order valence-electron chi connectivity index (χ3n) is 4.36. The average molecular weight is 260 g/mol. The fourth-order valence-corrected chi connectivity index (χ4v) is 3.58. The first-order chi connectivity index (χ1) is 9.13. The Labute approximate surface area is 113 Å². The molecule has 2 unspecified atom stereocenters. The molecule has 0 saturated heterocycles. The molecule has 1 aromatic rings. The Bertz CT molecular complexity index is 533. The minimum absolute atomic E-state index is 0.0219. The van der Waals surface area contributed by atoms with Crippen LogP contribution in [-0.2, 0) is 22.3 Å². The topological polar surface area (TPSA) is 35.5 Å². The van der Waals surface area contributed by atoms with Crippen molar-refractivity contribution in [1.82, 2.24) is 0 Å². The molecule has 19 heavy (non-hydrogen) atoms. The molecule has 1 aromatic carbocycles. The zero-order chi connectivity index (χ0) is 13.6. The molecule has 1 aliphatic carbocycles. The molecule has 0 bridgehead atoms. The monoisotopic (exact) mass is 260 g/mol. The molecule has 0 fully saturated rings. The van der Waals surface area contributed by atoms with Crippen LogP contribution in [0.1, 0.15) is 71.5 Å². The van der Waals surface area contributed by atoms with E-state index in [9.17, 15) is 4.79 Å². The molecular formula is C16H20O3. The van der Waals surface area contributed by atoms with E-state index in [1.165, 1.54) is 36.6 Å². The van der Waals surface area contributed by atoms with Gasteiger partial charge in [0.2, 0.25) is 0 Å². The van der Waals surface area contributed by atoms with Crippen LogP contribution < -0.4 is 0 Å². The standard InChI is InChI=1S/C16H20O3/c1-9-14-12-7-5-4-6-11(12)8-13(16(17)18-3)15(14)10(2)19-9/h8-10H,4-7H2,1-3H3. The summed E-state index contributed by atoms with van der Waals surface area (Å²) in [5.41, 5.74) is 5.75. The number of esters is 1. The molecule has 0 aromatic heterocycles. The molecule has 2 aliphatic rings. The summed E-state index contributed by atoms with van der Waals surface area (Å²) in [5.74, 6) is -0.242. The van der Waals surface area contributed by atoms with Crippen molar-refractivity contribution in [3.8, 4) is 0 Å². The predicted octanol–water partition coefficient (Wildman–Crippen LogP) is 3.50. The lowest BCUT2D eigenvalue weighted by molar-refractivity contribution is 0.0318. The van der Waals surface area contributed by atoms with Gasteiger partial charge in [-0.15, -0.1) is 0 Å². The highest BCUT2D eigenvalue weighted by Gasteiger charge is 2.35. The van der Waals surface area contributed by atoms with E-state index in [4.69, 9.17) is 9.47 Å². The largest absolute Gasteiger partial charge is 0.465 e. The van der Waals surface area contributed by atoms with Gasteiger partial charge in [0.05, 0.1) is 24.9 Å². The van der Waals surface area contributed by atoms with Crippen molar-refractivity contribution in [2.45, 2.75) is 51.7 Å². The normalized spacial score (nSPS) is 24.8. The van der Waals surface area contributed by atoms with Crippen LogP contribution in [0.4, 0.5) is 0 Å². The lowest BCUT2D eigenvalue weighted by atomic mass is 9.82. The summed E-state index contributed by atoms with van der Waals surface area (Å²) in [5, 5.41) is 0. The van der Waals surface area contributed by atoms with Gasteiger partial charge in [0, 0.05) is 5.56 Å². The van der Waals surface area contributed by atoms with Crippen LogP contribution >= 0.6 is 0 Å². The maximum Gasteiger partial charge on any atom is 0.338 e. The maximum absolute atomic E-state index is 12.0. The highest BCUT2D eigenvalue weighted by Crippen LogP contribution is 2.45. The molecule has 3 heteroatoms. The van der Waals surface area contributed by atoms with Gasteiger partial charge >= 0.3 is 5.97 Å². The fraction of sp³-hybridized carbons (Fsp3) is 0.562. The third-order valence-corrected chi connectivity index (χ3v) is 4.36. The first-order valence-corrected chi connectivity index (χ1v) is 7.05. The smallest absolute Gasteiger partial charge is 0.338 e. The number of methoxy groups -OCH3 is 1. The Morgan fingerprint density at radius 2 is 1.89 bits per heavy atom. The Morgan fingerprint density at radius 1 is 1.21 bits per heavy atom. The summed E-state index contributed by atoms with van der Waals surface area (Å²) in [6, 6.07) is 2.04. The molecule has 0 saturated carbocycles. The van der Waals surface area contributed by atoms with E-state index in [0.29, 0.717) is 5.56 Å². The van der Waals surface area contributed by atoms with E-state index in [1.807, 2.05) is 13.0 Å². The van der Waals surface area contributed by atoms with E-state index in [-0.39, 0.29) is 18.2 Å². The molecule has 1 aliphatic heterocycles. The number of rotatable bonds is 1. The van der Waals surface area contributed by atoms with Crippen LogP contribution in [0.15, 0.2) is 6.07 Å². The van der Waals surface area contributed by atoms with Crippen molar-refractivity contribution < 1.29 is 14.3 Å². The van der Waals surface area contributed by atoms with Crippen LogP contribution in [-0.4, -0.2) is 13.1 Å². The van der Waals surface area contributed by atoms with Crippen molar-refractivity contribution in [3.05, 3.63) is 33.9 Å². The van der Waals surface area contributed by atoms with Crippen molar-refractivity contribution >= 4 is 5.97 Å². The SMILES string of the molecule is COC(=O)c1cc2c(c3c1C(C)OC3C)CCCC2. The number of hydrogen-bond acceptors (Lipinski definition) is 3. The summed E-state index contributed by atoms with van der Waals surface area (Å²) in [6.07, 6.45) is 4.68. The Morgan fingerprint density at radius 3 is 2.63 bits per heavy atom. The highest BCUT2D eigenvalue weighted by atomic mass is 16.5. The number of aryl methyl sites for hydroxylation is 1. The van der Waals surface area contributed by atoms with E-state index < -0.39 is 0 Å². The molecule has 3 nitrogen and oxygen atoms in total. The van der Waals surface area contributed by atoms with Gasteiger partial charge in [-0.1, -0.05) is 0 Å². The predicted molar refractivity (Wildman–Crippen MR) is 72.3 cm³/mol. The summed E-state index contributed by atoms with van der Waals surface area (Å²) in [7, 11) is 1.44. The van der Waals surface area contributed by atoms with E-state index >= 15 is 0 Å². The van der Waals surface area contributed by atoms with Gasteiger partial charge in [-0.25, -0.2) is 4.79 Å². The molecular weight excluding hydrogens is 240 g/mol. The number of carbonyl (C=O) groups excluding carboxylic acids is 1. The number of benzene rings is 1. The third kappa shape index (κ3) is 1.88. The molecule has 102 valence electrons. The van der Waals surface area contributed by atoms with Crippen molar-refractivity contribution in [3.63, 3.8) is 0 Å². The van der Waals surface area contributed by atoms with Crippen LogP contribution in [0, 0.1) is 0 Å². The molecule has 3 rings (SSSR count). The molecule has 0 amide bonds. The van der Waals surface area contributed by atoms with Gasteiger partial charge in [0.25, 0.3) is 0 Å². The van der Waals surface area contributed by atoms with Gasteiger partial charge in [-0.05, 0) is 62.3 Å². The molecule has 1 heterocycles. The van der Waals surface area contributed by atoms with Crippen LogP contribution in [0.3, 0.4) is 0 Å². The first-order valence-electron chi connectivity index (χ1n) is 7.05. The quantitative estimate of drug-likeness (QED) is 0.725. The number of carbonyl (C=O) groups is 1. The van der Waals surface area contributed by atoms with Crippen molar-refractivity contribution in [1.29, 1.82) is 0 Å². The Kier molecular flexibility index (Phi) is 3.09. The van der Waals surface area contributed by atoms with E-state index in [0.717, 1.165) is 18.4 Å². The van der Waals surface area contributed by atoms with Crippen molar-refractivity contribution in [2.75, 3.05) is 7.11 Å². The minimum atomic E-state index is -0.242. The second kappa shape index (κ2) is 4.64. The highest BCUT2D eigenvalue weighted by molar-refractivity contribution is 5.92. The lowest BCUT2D eigenvalue weighted by Crippen LogP contribution is -2.14. The second-order valence-corrected chi connectivity index (χ2v) is 5.51. The summed E-state index contributed by atoms with van der Waals surface area (Å²) >= 11 is 0. The summed E-state index contributed by atoms with van der Waals surface area (Å²) in [6.45, 7) is 4.10. The van der Waals surface area contributed by atoms with Crippen molar-refractivity contribution in [2.24, 2.45) is 0 Å². The van der Waals surface area contributed by atoms with Gasteiger partial charge in [0.15, 0.2) is 0 Å². The Hall–Kier alpha value is -1.35. The zero-order valence-corrected chi connectivity index (χ0v) is 11.8. The number of hydrogen-bond donors (Lipinski definition) is 0. The average Bonchev–Trinajstić information content (AvgIpc) is 2.73. The number of fused-ring (bicyclic) bond motifs is 3. The summed E-state index contributed by atoms with van der Waals surface area (Å²) < 4.78 is 10.9. The number of ether oxygens (including phenoxy) is 2. The van der Waals surface area contributed by atoms with Gasteiger partial charge in [-0.2, -0.15) is 0 Å². The van der Waals surface area contributed by atoms with Crippen LogP contribution in [0.5, 0.6) is 0 Å². The van der Waals surface area contributed by atoms with E-state index in [1.54, 1.807) is 0 Å². The minimum Gasteiger partial charge on any atom is -0.465 e. The Balaban J connectivity index is 2.25.